The molecule has 20 heavy (non-hydrogen) atoms. The molecule has 3 heterocycles. The molecule has 1 aliphatic heterocycles. The Balaban J connectivity index is 1.85. The van der Waals surface area contributed by atoms with E-state index in [1.807, 2.05) is 32.3 Å². The molecule has 0 unspecified atom stereocenters. The summed E-state index contributed by atoms with van der Waals surface area (Å²) in [6, 6.07) is 6.42. The molecular formula is C15H19ClN4. The summed E-state index contributed by atoms with van der Waals surface area (Å²) in [7, 11) is 1.90. The monoisotopic (exact) mass is 290 g/mol. The molecule has 5 heteroatoms. The van der Waals surface area contributed by atoms with Gasteiger partial charge in [-0.1, -0.05) is 17.7 Å². The number of rotatable bonds is 3. The Morgan fingerprint density at radius 3 is 2.90 bits per heavy atom. The first-order valence-electron chi connectivity index (χ1n) is 7.00. The van der Waals surface area contributed by atoms with Gasteiger partial charge in [0.2, 0.25) is 0 Å². The number of pyridine rings is 1. The summed E-state index contributed by atoms with van der Waals surface area (Å²) in [5, 5.41) is 5.20. The van der Waals surface area contributed by atoms with Crippen LogP contribution in [0.1, 0.15) is 35.8 Å². The molecule has 0 bridgehead atoms. The van der Waals surface area contributed by atoms with E-state index in [4.69, 9.17) is 11.6 Å². The molecule has 0 saturated carbocycles. The van der Waals surface area contributed by atoms with Crippen molar-refractivity contribution >= 4 is 11.6 Å². The van der Waals surface area contributed by atoms with Crippen molar-refractivity contribution in [3.63, 3.8) is 0 Å². The number of aryl methyl sites for hydroxylation is 2. The van der Waals surface area contributed by atoms with Gasteiger partial charge >= 0.3 is 0 Å². The number of nitrogens with zero attached hydrogens (tertiary/aromatic N) is 4. The van der Waals surface area contributed by atoms with Gasteiger partial charge in [-0.3, -0.25) is 14.6 Å². The molecular weight excluding hydrogens is 272 g/mol. The fourth-order valence-electron chi connectivity index (χ4n) is 3.07. The molecule has 1 atom stereocenters. The normalized spacial score (nSPS) is 19.6. The Hall–Kier alpha value is -1.39. The number of hydrogen-bond donors (Lipinski definition) is 0. The Bertz CT molecular complexity index is 593. The fourth-order valence-corrected chi connectivity index (χ4v) is 3.37. The number of likely N-dealkylation sites (tertiary alicyclic amines) is 1. The SMILES string of the molecule is Cc1nn(C)c(Cl)c1[C@@H]1CCCN1Cc1ccccn1. The smallest absolute Gasteiger partial charge is 0.131 e. The lowest BCUT2D eigenvalue weighted by Crippen LogP contribution is -2.23. The number of halogens is 1. The van der Waals surface area contributed by atoms with Crippen molar-refractivity contribution in [3.05, 3.63) is 46.5 Å². The van der Waals surface area contributed by atoms with Gasteiger partial charge in [-0.25, -0.2) is 0 Å². The van der Waals surface area contributed by atoms with Gasteiger partial charge in [0.25, 0.3) is 0 Å². The van der Waals surface area contributed by atoms with Crippen molar-refractivity contribution in [2.75, 3.05) is 6.54 Å². The van der Waals surface area contributed by atoms with Gasteiger partial charge < -0.3 is 0 Å². The molecule has 1 saturated heterocycles. The summed E-state index contributed by atoms with van der Waals surface area (Å²) in [6.07, 6.45) is 4.18. The number of hydrogen-bond acceptors (Lipinski definition) is 3. The van der Waals surface area contributed by atoms with Crippen LogP contribution in [-0.4, -0.2) is 26.2 Å². The van der Waals surface area contributed by atoms with Crippen molar-refractivity contribution in [1.82, 2.24) is 19.7 Å². The Labute approximate surface area is 124 Å². The molecule has 0 aromatic carbocycles. The molecule has 2 aromatic heterocycles. The van der Waals surface area contributed by atoms with E-state index in [1.165, 1.54) is 12.0 Å². The lowest BCUT2D eigenvalue weighted by Gasteiger charge is -2.24. The van der Waals surface area contributed by atoms with Crippen LogP contribution >= 0.6 is 11.6 Å². The summed E-state index contributed by atoms with van der Waals surface area (Å²) in [5.74, 6) is 0. The minimum absolute atomic E-state index is 0.359. The molecule has 4 nitrogen and oxygen atoms in total. The first kappa shape index (κ1) is 13.6. The van der Waals surface area contributed by atoms with Crippen molar-refractivity contribution in [1.29, 1.82) is 0 Å². The molecule has 1 aliphatic rings. The van der Waals surface area contributed by atoms with Crippen LogP contribution in [0.2, 0.25) is 5.15 Å². The maximum Gasteiger partial charge on any atom is 0.131 e. The highest BCUT2D eigenvalue weighted by Gasteiger charge is 2.31. The zero-order chi connectivity index (χ0) is 14.1. The van der Waals surface area contributed by atoms with Gasteiger partial charge in [-0.05, 0) is 38.4 Å². The predicted molar refractivity (Wildman–Crippen MR) is 79.6 cm³/mol. The molecule has 3 rings (SSSR count). The fraction of sp³-hybridized carbons (Fsp3) is 0.467. The third-order valence-electron chi connectivity index (χ3n) is 3.98. The summed E-state index contributed by atoms with van der Waals surface area (Å²) < 4.78 is 1.77. The largest absolute Gasteiger partial charge is 0.290 e. The van der Waals surface area contributed by atoms with Gasteiger partial charge in [0.15, 0.2) is 0 Å². The van der Waals surface area contributed by atoms with Crippen LogP contribution in [0.4, 0.5) is 0 Å². The van der Waals surface area contributed by atoms with E-state index in [0.29, 0.717) is 6.04 Å². The molecule has 0 N–H and O–H groups in total. The quantitative estimate of drug-likeness (QED) is 0.871. The van der Waals surface area contributed by atoms with E-state index in [-0.39, 0.29) is 0 Å². The van der Waals surface area contributed by atoms with E-state index in [0.717, 1.165) is 36.1 Å². The first-order chi connectivity index (χ1) is 9.66. The lowest BCUT2D eigenvalue weighted by atomic mass is 10.1. The van der Waals surface area contributed by atoms with Crippen molar-refractivity contribution in [2.24, 2.45) is 7.05 Å². The summed E-state index contributed by atoms with van der Waals surface area (Å²) in [6.45, 7) is 4.00. The highest BCUT2D eigenvalue weighted by Crippen LogP contribution is 2.38. The topological polar surface area (TPSA) is 34.0 Å². The van der Waals surface area contributed by atoms with E-state index in [1.54, 1.807) is 4.68 Å². The van der Waals surface area contributed by atoms with Gasteiger partial charge in [-0.15, -0.1) is 0 Å². The van der Waals surface area contributed by atoms with E-state index < -0.39 is 0 Å². The second kappa shape index (κ2) is 5.54. The van der Waals surface area contributed by atoms with Crippen LogP contribution in [0.15, 0.2) is 24.4 Å². The maximum absolute atomic E-state index is 6.42. The highest BCUT2D eigenvalue weighted by atomic mass is 35.5. The van der Waals surface area contributed by atoms with Crippen molar-refractivity contribution in [3.8, 4) is 0 Å². The molecule has 1 fully saturated rings. The van der Waals surface area contributed by atoms with Crippen LogP contribution in [0.5, 0.6) is 0 Å². The van der Waals surface area contributed by atoms with Crippen molar-refractivity contribution in [2.45, 2.75) is 32.4 Å². The summed E-state index contributed by atoms with van der Waals surface area (Å²) in [5.41, 5.74) is 3.33. The average molecular weight is 291 g/mol. The summed E-state index contributed by atoms with van der Waals surface area (Å²) >= 11 is 6.42. The second-order valence-electron chi connectivity index (χ2n) is 5.36. The molecule has 0 amide bonds. The van der Waals surface area contributed by atoms with E-state index in [9.17, 15) is 0 Å². The van der Waals surface area contributed by atoms with Crippen LogP contribution in [-0.2, 0) is 13.6 Å². The lowest BCUT2D eigenvalue weighted by molar-refractivity contribution is 0.245. The Morgan fingerprint density at radius 2 is 2.25 bits per heavy atom. The first-order valence-corrected chi connectivity index (χ1v) is 7.37. The van der Waals surface area contributed by atoms with Crippen LogP contribution < -0.4 is 0 Å². The third-order valence-corrected chi connectivity index (χ3v) is 4.43. The molecule has 2 aromatic rings. The zero-order valence-electron chi connectivity index (χ0n) is 11.9. The van der Waals surface area contributed by atoms with Gasteiger partial charge in [0.1, 0.15) is 5.15 Å². The van der Waals surface area contributed by atoms with Crippen LogP contribution in [0.25, 0.3) is 0 Å². The third kappa shape index (κ3) is 2.45. The maximum atomic E-state index is 6.42. The molecule has 0 aliphatic carbocycles. The summed E-state index contributed by atoms with van der Waals surface area (Å²) in [4.78, 5) is 6.88. The number of aromatic nitrogens is 3. The minimum Gasteiger partial charge on any atom is -0.290 e. The Morgan fingerprint density at radius 1 is 1.40 bits per heavy atom. The second-order valence-corrected chi connectivity index (χ2v) is 5.72. The van der Waals surface area contributed by atoms with Gasteiger partial charge in [0.05, 0.1) is 11.4 Å². The molecule has 106 valence electrons. The highest BCUT2D eigenvalue weighted by molar-refractivity contribution is 6.30. The van der Waals surface area contributed by atoms with E-state index >= 15 is 0 Å². The zero-order valence-corrected chi connectivity index (χ0v) is 12.6. The molecule has 0 radical (unpaired) electrons. The minimum atomic E-state index is 0.359. The van der Waals surface area contributed by atoms with Crippen LogP contribution in [0, 0.1) is 6.92 Å². The Kier molecular flexibility index (Phi) is 3.76. The molecule has 0 spiro atoms. The van der Waals surface area contributed by atoms with Gasteiger partial charge in [-0.2, -0.15) is 5.10 Å². The van der Waals surface area contributed by atoms with Crippen molar-refractivity contribution < 1.29 is 0 Å². The standard InChI is InChI=1S/C15H19ClN4/c1-11-14(15(16)19(2)18-11)13-7-5-9-20(13)10-12-6-3-4-8-17-12/h3-4,6,8,13H,5,7,9-10H2,1-2H3/t13-/m0/s1. The predicted octanol–water partition coefficient (Wildman–Crippen LogP) is 3.11. The van der Waals surface area contributed by atoms with E-state index in [2.05, 4.69) is 21.0 Å². The average Bonchev–Trinajstić information content (AvgIpc) is 2.97. The van der Waals surface area contributed by atoms with Gasteiger partial charge in [0, 0.05) is 31.4 Å². The van der Waals surface area contributed by atoms with Crippen LogP contribution in [0.3, 0.4) is 0 Å².